The smallest absolute Gasteiger partial charge is 0.225 e. The molecular formula is C17H19FN6. The lowest BCUT2D eigenvalue weighted by Crippen LogP contribution is -2.26. The number of aromatic nitrogens is 5. The van der Waals surface area contributed by atoms with Crippen molar-refractivity contribution < 1.29 is 4.39 Å². The van der Waals surface area contributed by atoms with E-state index in [0.717, 1.165) is 18.8 Å². The summed E-state index contributed by atoms with van der Waals surface area (Å²) >= 11 is 0. The predicted octanol–water partition coefficient (Wildman–Crippen LogP) is 3.34. The van der Waals surface area contributed by atoms with Crippen LogP contribution in [0.25, 0.3) is 16.9 Å². The molecule has 0 unspecified atom stereocenters. The summed E-state index contributed by atoms with van der Waals surface area (Å²) in [5, 5.41) is 11.4. The molecule has 0 aliphatic heterocycles. The monoisotopic (exact) mass is 326 g/mol. The van der Waals surface area contributed by atoms with E-state index in [1.807, 2.05) is 24.3 Å². The number of hydrogen-bond donors (Lipinski definition) is 1. The van der Waals surface area contributed by atoms with Crippen LogP contribution in [0.4, 0.5) is 10.3 Å². The number of fused-ring (bicyclic) bond motifs is 1. The zero-order chi connectivity index (χ0) is 16.5. The first kappa shape index (κ1) is 15.0. The molecule has 7 heteroatoms. The normalized spacial score (nSPS) is 21.1. The molecule has 0 amide bonds. The van der Waals surface area contributed by atoms with Crippen molar-refractivity contribution in [3.05, 3.63) is 36.3 Å². The van der Waals surface area contributed by atoms with Crippen molar-refractivity contribution in [3.63, 3.8) is 0 Å². The molecule has 0 saturated heterocycles. The fraction of sp³-hybridized carbons (Fsp3) is 0.412. The molecule has 4 rings (SSSR count). The van der Waals surface area contributed by atoms with Gasteiger partial charge in [0.1, 0.15) is 5.52 Å². The molecule has 2 aromatic heterocycles. The highest BCUT2D eigenvalue weighted by Crippen LogP contribution is 2.25. The Balaban J connectivity index is 1.64. The van der Waals surface area contributed by atoms with E-state index in [0.29, 0.717) is 23.0 Å². The molecule has 24 heavy (non-hydrogen) atoms. The third kappa shape index (κ3) is 2.81. The molecule has 0 spiro atoms. The fourth-order valence-electron chi connectivity index (χ4n) is 3.19. The molecule has 124 valence electrons. The van der Waals surface area contributed by atoms with Gasteiger partial charge < -0.3 is 5.32 Å². The Morgan fingerprint density at radius 1 is 1.17 bits per heavy atom. The molecule has 0 bridgehead atoms. The summed E-state index contributed by atoms with van der Waals surface area (Å²) in [6.07, 6.45) is 5.75. The first-order valence-electron chi connectivity index (χ1n) is 8.30. The summed E-state index contributed by atoms with van der Waals surface area (Å²) in [5.74, 6) is 0.804. The van der Waals surface area contributed by atoms with E-state index in [9.17, 15) is 4.39 Å². The molecule has 2 heterocycles. The van der Waals surface area contributed by atoms with E-state index in [1.54, 1.807) is 0 Å². The standard InChI is InChI=1S/C17H19FN6/c1-11-6-8-12(9-7-11)20-17-19-10-13(18)16(21-17)24-15-5-3-2-4-14(15)22-23-24/h2-5,10-12H,6-9H2,1H3,(H,19,20,21). The van der Waals surface area contributed by atoms with E-state index < -0.39 is 5.82 Å². The molecule has 1 aromatic carbocycles. The van der Waals surface area contributed by atoms with Crippen LogP contribution in [0.2, 0.25) is 0 Å². The number of nitrogens with one attached hydrogen (secondary N) is 1. The van der Waals surface area contributed by atoms with Crippen LogP contribution < -0.4 is 5.32 Å². The number of rotatable bonds is 3. The van der Waals surface area contributed by atoms with E-state index in [2.05, 4.69) is 32.5 Å². The van der Waals surface area contributed by atoms with E-state index >= 15 is 0 Å². The number of nitrogens with zero attached hydrogens (tertiary/aromatic N) is 5. The van der Waals surface area contributed by atoms with Gasteiger partial charge in [-0.2, -0.15) is 9.67 Å². The molecule has 0 radical (unpaired) electrons. The molecule has 1 aliphatic rings. The first-order chi connectivity index (χ1) is 11.7. The van der Waals surface area contributed by atoms with Gasteiger partial charge in [0.15, 0.2) is 11.6 Å². The lowest BCUT2D eigenvalue weighted by Gasteiger charge is -2.26. The van der Waals surface area contributed by atoms with Crippen LogP contribution in [0.15, 0.2) is 30.5 Å². The summed E-state index contributed by atoms with van der Waals surface area (Å²) in [6, 6.07) is 7.75. The summed E-state index contributed by atoms with van der Waals surface area (Å²) in [7, 11) is 0. The van der Waals surface area contributed by atoms with Crippen molar-refractivity contribution in [2.75, 3.05) is 5.32 Å². The second kappa shape index (κ2) is 6.14. The molecule has 1 saturated carbocycles. The summed E-state index contributed by atoms with van der Waals surface area (Å²) < 4.78 is 15.7. The minimum Gasteiger partial charge on any atom is -0.351 e. The maximum Gasteiger partial charge on any atom is 0.225 e. The van der Waals surface area contributed by atoms with Gasteiger partial charge in [0, 0.05) is 6.04 Å². The van der Waals surface area contributed by atoms with Gasteiger partial charge in [-0.1, -0.05) is 24.3 Å². The molecule has 1 aliphatic carbocycles. The quantitative estimate of drug-likeness (QED) is 0.799. The second-order valence-electron chi connectivity index (χ2n) is 6.46. The molecule has 6 nitrogen and oxygen atoms in total. The molecule has 1 N–H and O–H groups in total. The Morgan fingerprint density at radius 3 is 2.79 bits per heavy atom. The Hall–Kier alpha value is -2.57. The van der Waals surface area contributed by atoms with Gasteiger partial charge in [0.2, 0.25) is 5.95 Å². The predicted molar refractivity (Wildman–Crippen MR) is 89.5 cm³/mol. The van der Waals surface area contributed by atoms with Crippen molar-refractivity contribution in [1.29, 1.82) is 0 Å². The zero-order valence-electron chi connectivity index (χ0n) is 13.5. The average Bonchev–Trinajstić information content (AvgIpc) is 3.03. The Morgan fingerprint density at radius 2 is 1.96 bits per heavy atom. The summed E-state index contributed by atoms with van der Waals surface area (Å²) in [4.78, 5) is 8.42. The average molecular weight is 326 g/mol. The topological polar surface area (TPSA) is 68.5 Å². The van der Waals surface area contributed by atoms with Crippen molar-refractivity contribution >= 4 is 17.0 Å². The third-order valence-electron chi connectivity index (χ3n) is 4.63. The minimum absolute atomic E-state index is 0.116. The van der Waals surface area contributed by atoms with Crippen molar-refractivity contribution in [2.24, 2.45) is 5.92 Å². The highest BCUT2D eigenvalue weighted by atomic mass is 19.1. The van der Waals surface area contributed by atoms with Crippen molar-refractivity contribution in [1.82, 2.24) is 25.0 Å². The van der Waals surface area contributed by atoms with Gasteiger partial charge >= 0.3 is 0 Å². The molecule has 3 aromatic rings. The van der Waals surface area contributed by atoms with Gasteiger partial charge in [-0.25, -0.2) is 9.37 Å². The zero-order valence-corrected chi connectivity index (χ0v) is 13.5. The SMILES string of the molecule is CC1CCC(Nc2ncc(F)c(-n3nnc4ccccc43)n2)CC1. The number of hydrogen-bond acceptors (Lipinski definition) is 5. The van der Waals surface area contributed by atoms with E-state index in [1.165, 1.54) is 23.7 Å². The van der Waals surface area contributed by atoms with Gasteiger partial charge in [-0.3, -0.25) is 0 Å². The van der Waals surface area contributed by atoms with Crippen LogP contribution in [0.5, 0.6) is 0 Å². The van der Waals surface area contributed by atoms with Crippen LogP contribution in [0.1, 0.15) is 32.6 Å². The van der Waals surface area contributed by atoms with Gasteiger partial charge in [0.25, 0.3) is 0 Å². The van der Waals surface area contributed by atoms with E-state index in [4.69, 9.17) is 0 Å². The van der Waals surface area contributed by atoms with Gasteiger partial charge in [-0.05, 0) is 43.7 Å². The molecule has 0 atom stereocenters. The lowest BCUT2D eigenvalue weighted by atomic mass is 9.87. The first-order valence-corrected chi connectivity index (χ1v) is 8.30. The second-order valence-corrected chi connectivity index (χ2v) is 6.46. The highest BCUT2D eigenvalue weighted by Gasteiger charge is 2.20. The van der Waals surface area contributed by atoms with Crippen molar-refractivity contribution in [3.8, 4) is 5.82 Å². The Kier molecular flexibility index (Phi) is 3.84. The maximum absolute atomic E-state index is 14.2. The Labute approximate surface area is 139 Å². The maximum atomic E-state index is 14.2. The van der Waals surface area contributed by atoms with Gasteiger partial charge in [-0.15, -0.1) is 5.10 Å². The van der Waals surface area contributed by atoms with Crippen LogP contribution in [-0.2, 0) is 0 Å². The van der Waals surface area contributed by atoms with Gasteiger partial charge in [0.05, 0.1) is 11.7 Å². The van der Waals surface area contributed by atoms with E-state index in [-0.39, 0.29) is 5.82 Å². The van der Waals surface area contributed by atoms with Crippen molar-refractivity contribution in [2.45, 2.75) is 38.6 Å². The third-order valence-corrected chi connectivity index (χ3v) is 4.63. The largest absolute Gasteiger partial charge is 0.351 e. The Bertz CT molecular complexity index is 853. The van der Waals surface area contributed by atoms with Crippen LogP contribution in [0.3, 0.4) is 0 Å². The fourth-order valence-corrected chi connectivity index (χ4v) is 3.19. The van der Waals surface area contributed by atoms with Crippen LogP contribution in [0, 0.1) is 11.7 Å². The summed E-state index contributed by atoms with van der Waals surface area (Å²) in [5.41, 5.74) is 1.42. The number of benzene rings is 1. The highest BCUT2D eigenvalue weighted by molar-refractivity contribution is 5.75. The number of anilines is 1. The minimum atomic E-state index is -0.520. The molecule has 1 fully saturated rings. The summed E-state index contributed by atoms with van der Waals surface area (Å²) in [6.45, 7) is 2.28. The lowest BCUT2D eigenvalue weighted by molar-refractivity contribution is 0.360. The number of halogens is 1. The van der Waals surface area contributed by atoms with Crippen LogP contribution >= 0.6 is 0 Å². The molecular weight excluding hydrogens is 307 g/mol. The number of para-hydroxylation sites is 1. The van der Waals surface area contributed by atoms with Crippen LogP contribution in [-0.4, -0.2) is 31.0 Å².